The van der Waals surface area contributed by atoms with Crippen LogP contribution in [0.3, 0.4) is 0 Å². The Bertz CT molecular complexity index is 1300. The summed E-state index contributed by atoms with van der Waals surface area (Å²) in [5, 5.41) is 18.4. The van der Waals surface area contributed by atoms with Gasteiger partial charge in [0, 0.05) is 11.8 Å². The highest BCUT2D eigenvalue weighted by Crippen LogP contribution is 2.25. The Hall–Kier alpha value is -4.22. The molecular formula is C24H18N4O3S. The van der Waals surface area contributed by atoms with Crippen LogP contribution in [0.15, 0.2) is 72.2 Å². The number of carbonyl (C=O) groups excluding carboxylic acids is 2. The number of hydrogen-bond acceptors (Lipinski definition) is 6. The highest BCUT2D eigenvalue weighted by molar-refractivity contribution is 7.14. The van der Waals surface area contributed by atoms with E-state index in [4.69, 9.17) is 10.00 Å². The van der Waals surface area contributed by atoms with Gasteiger partial charge in [-0.1, -0.05) is 48.0 Å². The zero-order valence-corrected chi connectivity index (χ0v) is 17.9. The van der Waals surface area contributed by atoms with E-state index in [2.05, 4.69) is 10.4 Å². The van der Waals surface area contributed by atoms with Crippen LogP contribution < -0.4 is 5.32 Å². The largest absolute Gasteiger partial charge is 0.452 e. The quantitative estimate of drug-likeness (QED) is 0.441. The predicted molar refractivity (Wildman–Crippen MR) is 122 cm³/mol. The second-order valence-corrected chi connectivity index (χ2v) is 7.85. The van der Waals surface area contributed by atoms with E-state index in [-0.39, 0.29) is 5.56 Å². The van der Waals surface area contributed by atoms with E-state index in [1.165, 1.54) is 11.3 Å². The molecule has 8 heteroatoms. The van der Waals surface area contributed by atoms with E-state index >= 15 is 0 Å². The van der Waals surface area contributed by atoms with Gasteiger partial charge in [-0.3, -0.25) is 4.79 Å². The minimum Gasteiger partial charge on any atom is -0.452 e. The number of esters is 1. The van der Waals surface area contributed by atoms with Crippen molar-refractivity contribution in [2.75, 3.05) is 11.9 Å². The maximum Gasteiger partial charge on any atom is 0.342 e. The molecule has 2 aromatic heterocycles. The van der Waals surface area contributed by atoms with Crippen LogP contribution >= 0.6 is 11.3 Å². The molecule has 0 aliphatic heterocycles. The van der Waals surface area contributed by atoms with Gasteiger partial charge in [-0.2, -0.15) is 10.4 Å². The number of rotatable bonds is 6. The van der Waals surface area contributed by atoms with Gasteiger partial charge in [-0.25, -0.2) is 9.48 Å². The average molecular weight is 443 g/mol. The Morgan fingerprint density at radius 1 is 1.12 bits per heavy atom. The molecule has 2 heterocycles. The van der Waals surface area contributed by atoms with Crippen molar-refractivity contribution in [3.05, 3.63) is 88.9 Å². The Morgan fingerprint density at radius 2 is 1.88 bits per heavy atom. The normalized spacial score (nSPS) is 10.4. The van der Waals surface area contributed by atoms with Gasteiger partial charge >= 0.3 is 5.97 Å². The number of benzene rings is 2. The average Bonchev–Trinajstić information content (AvgIpc) is 3.46. The molecule has 0 aliphatic carbocycles. The Morgan fingerprint density at radius 3 is 2.59 bits per heavy atom. The maximum absolute atomic E-state index is 12.9. The predicted octanol–water partition coefficient (Wildman–Crippen LogP) is 4.58. The zero-order valence-electron chi connectivity index (χ0n) is 17.1. The van der Waals surface area contributed by atoms with Crippen molar-refractivity contribution in [2.24, 2.45) is 0 Å². The number of aromatic nitrogens is 2. The Labute approximate surface area is 188 Å². The molecule has 0 bridgehead atoms. The van der Waals surface area contributed by atoms with Gasteiger partial charge in [0.05, 0.1) is 11.3 Å². The van der Waals surface area contributed by atoms with Gasteiger partial charge in [0.2, 0.25) is 0 Å². The molecule has 0 unspecified atom stereocenters. The van der Waals surface area contributed by atoms with Gasteiger partial charge < -0.3 is 10.1 Å². The third-order valence-electron chi connectivity index (χ3n) is 4.65. The fourth-order valence-electron chi connectivity index (χ4n) is 3.03. The first kappa shape index (κ1) is 21.0. The monoisotopic (exact) mass is 442 g/mol. The van der Waals surface area contributed by atoms with Gasteiger partial charge in [-0.15, -0.1) is 11.3 Å². The number of amides is 1. The molecule has 1 N–H and O–H groups in total. The van der Waals surface area contributed by atoms with E-state index < -0.39 is 18.5 Å². The maximum atomic E-state index is 12.9. The van der Waals surface area contributed by atoms with Crippen molar-refractivity contribution in [3.63, 3.8) is 0 Å². The lowest BCUT2D eigenvalue weighted by Gasteiger charge is -2.06. The SMILES string of the molecule is Cc1ccc(-n2cc(C(=O)OCC(=O)Nc3sccc3C#N)c(-c3ccccc3)n2)cc1. The van der Waals surface area contributed by atoms with Crippen LogP contribution in [0.1, 0.15) is 21.5 Å². The molecule has 0 atom stereocenters. The summed E-state index contributed by atoms with van der Waals surface area (Å²) in [6.45, 7) is 1.51. The van der Waals surface area contributed by atoms with Crippen LogP contribution in [0, 0.1) is 18.3 Å². The van der Waals surface area contributed by atoms with Crippen molar-refractivity contribution < 1.29 is 14.3 Å². The lowest BCUT2D eigenvalue weighted by Crippen LogP contribution is -2.21. The van der Waals surface area contributed by atoms with Gasteiger partial charge in [0.1, 0.15) is 22.3 Å². The molecule has 32 heavy (non-hydrogen) atoms. The number of nitriles is 1. The van der Waals surface area contributed by atoms with Crippen LogP contribution in [-0.2, 0) is 9.53 Å². The molecule has 0 spiro atoms. The van der Waals surface area contributed by atoms with Crippen LogP contribution in [-0.4, -0.2) is 28.3 Å². The fraction of sp³-hybridized carbons (Fsp3) is 0.0833. The third-order valence-corrected chi connectivity index (χ3v) is 5.48. The van der Waals surface area contributed by atoms with Crippen molar-refractivity contribution in [1.82, 2.24) is 9.78 Å². The number of aryl methyl sites for hydroxylation is 1. The van der Waals surface area contributed by atoms with E-state index in [1.807, 2.05) is 67.6 Å². The highest BCUT2D eigenvalue weighted by atomic mass is 32.1. The van der Waals surface area contributed by atoms with Gasteiger partial charge in [0.15, 0.2) is 6.61 Å². The first-order valence-corrected chi connectivity index (χ1v) is 10.6. The minimum absolute atomic E-state index is 0.249. The molecule has 0 radical (unpaired) electrons. The summed E-state index contributed by atoms with van der Waals surface area (Å²) in [5.41, 5.74) is 3.74. The van der Waals surface area contributed by atoms with Gasteiger partial charge in [0.25, 0.3) is 5.91 Å². The summed E-state index contributed by atoms with van der Waals surface area (Å²) in [5.74, 6) is -1.19. The zero-order chi connectivity index (χ0) is 22.5. The molecule has 0 saturated carbocycles. The minimum atomic E-state index is -0.663. The second-order valence-electron chi connectivity index (χ2n) is 6.94. The number of thiophene rings is 1. The summed E-state index contributed by atoms with van der Waals surface area (Å²) in [4.78, 5) is 25.1. The molecule has 2 aromatic carbocycles. The molecule has 0 saturated heterocycles. The summed E-state index contributed by atoms with van der Waals surface area (Å²) >= 11 is 1.23. The number of ether oxygens (including phenoxy) is 1. The van der Waals surface area contributed by atoms with E-state index in [9.17, 15) is 9.59 Å². The van der Waals surface area contributed by atoms with Crippen LogP contribution in [0.25, 0.3) is 16.9 Å². The summed E-state index contributed by atoms with van der Waals surface area (Å²) in [6.07, 6.45) is 1.60. The number of nitrogens with one attached hydrogen (secondary N) is 1. The van der Waals surface area contributed by atoms with Gasteiger partial charge in [-0.05, 0) is 30.5 Å². The number of carbonyl (C=O) groups is 2. The number of nitrogens with zero attached hydrogens (tertiary/aromatic N) is 3. The molecule has 4 rings (SSSR count). The fourth-order valence-corrected chi connectivity index (χ4v) is 3.78. The second kappa shape index (κ2) is 9.29. The number of anilines is 1. The Kier molecular flexibility index (Phi) is 6.10. The molecular weight excluding hydrogens is 424 g/mol. The highest BCUT2D eigenvalue weighted by Gasteiger charge is 2.21. The third kappa shape index (κ3) is 4.58. The molecule has 1 amide bonds. The van der Waals surface area contributed by atoms with Crippen molar-refractivity contribution in [3.8, 4) is 23.0 Å². The van der Waals surface area contributed by atoms with E-state index in [0.29, 0.717) is 16.3 Å². The molecule has 4 aromatic rings. The lowest BCUT2D eigenvalue weighted by atomic mass is 10.1. The summed E-state index contributed by atoms with van der Waals surface area (Å²) < 4.78 is 6.87. The van der Waals surface area contributed by atoms with E-state index in [1.54, 1.807) is 22.3 Å². The molecule has 0 aliphatic rings. The standard InChI is InChI=1S/C24H18N4O3S/c1-16-7-9-19(10-8-16)28-14-20(22(27-28)17-5-3-2-4-6-17)24(30)31-15-21(29)26-23-18(13-25)11-12-32-23/h2-12,14H,15H2,1H3,(H,26,29). The van der Waals surface area contributed by atoms with Crippen molar-refractivity contribution >= 4 is 28.2 Å². The Balaban J connectivity index is 1.56. The number of hydrogen-bond donors (Lipinski definition) is 1. The molecule has 158 valence electrons. The van der Waals surface area contributed by atoms with E-state index in [0.717, 1.165) is 16.8 Å². The molecule has 0 fully saturated rings. The first-order valence-electron chi connectivity index (χ1n) is 9.72. The van der Waals surface area contributed by atoms with Crippen molar-refractivity contribution in [2.45, 2.75) is 6.92 Å². The topological polar surface area (TPSA) is 97.0 Å². The molecule has 7 nitrogen and oxygen atoms in total. The smallest absolute Gasteiger partial charge is 0.342 e. The van der Waals surface area contributed by atoms with Crippen LogP contribution in [0.2, 0.25) is 0 Å². The summed E-state index contributed by atoms with van der Waals surface area (Å²) in [6, 6.07) is 20.6. The van der Waals surface area contributed by atoms with Crippen LogP contribution in [0.4, 0.5) is 5.00 Å². The van der Waals surface area contributed by atoms with Crippen molar-refractivity contribution in [1.29, 1.82) is 5.26 Å². The summed E-state index contributed by atoms with van der Waals surface area (Å²) in [7, 11) is 0. The lowest BCUT2D eigenvalue weighted by molar-refractivity contribution is -0.119. The van der Waals surface area contributed by atoms with Crippen LogP contribution in [0.5, 0.6) is 0 Å². The first-order chi connectivity index (χ1) is 15.5.